The van der Waals surface area contributed by atoms with Gasteiger partial charge in [0.2, 0.25) is 9.84 Å². The first-order valence-corrected chi connectivity index (χ1v) is 40.1. The molecule has 12 aromatic rings. The number of aryl methyl sites for hydroxylation is 1. The van der Waals surface area contributed by atoms with Gasteiger partial charge in [0.15, 0.2) is 28.8 Å². The SMILES string of the molecule is COc1ccc(C(C)(C)c2ccc(Oc3ccc(S(=O)(=O)c4ccc(C)cc4C(=O)c4ccc(Oc5ccc(S(=O)(=O)O)cc5)cc4)cc3OCc3ccc(Oc4ccc(S(=O)(=O)O)cc4)cc3)c(C(=O)c3ccc(Oc4ccc(S(=O)(=O)O)cc4)cc3)c2)cc1C(=O)c1ccc(Oc2ccc(S(O)(O)O)cc2)cc1. The molecular formula is C81H64O24S5. The Morgan fingerprint density at radius 3 is 1.03 bits per heavy atom. The quantitative estimate of drug-likeness (QED) is 0.0196. The number of ether oxygens (including phenoxy) is 7. The topological polar surface area (TPSA) is 374 Å². The number of carbonyl (C=O) groups excluding carboxylic acids is 3. The third-order valence-corrected chi connectivity index (χ3v) is 22.7. The van der Waals surface area contributed by atoms with Gasteiger partial charge in [-0.1, -0.05) is 49.7 Å². The van der Waals surface area contributed by atoms with Crippen LogP contribution in [0.5, 0.6) is 69.0 Å². The molecule has 6 N–H and O–H groups in total. The van der Waals surface area contributed by atoms with Crippen molar-refractivity contribution in [2.75, 3.05) is 7.11 Å². The van der Waals surface area contributed by atoms with Crippen LogP contribution in [0.2, 0.25) is 0 Å². The summed E-state index contributed by atoms with van der Waals surface area (Å²) >= 11 is 0. The van der Waals surface area contributed by atoms with Crippen LogP contribution in [0.25, 0.3) is 0 Å². The van der Waals surface area contributed by atoms with Crippen LogP contribution in [0, 0.1) is 6.92 Å². The van der Waals surface area contributed by atoms with E-state index in [1.807, 2.05) is 13.8 Å². The Bertz CT molecular complexity index is 5980. The summed E-state index contributed by atoms with van der Waals surface area (Å²) < 4.78 is 201. The lowest BCUT2D eigenvalue weighted by Crippen LogP contribution is -2.21. The molecule has 12 aromatic carbocycles. The molecule has 0 aliphatic carbocycles. The highest BCUT2D eigenvalue weighted by molar-refractivity contribution is 8.19. The summed E-state index contributed by atoms with van der Waals surface area (Å²) in [6, 6.07) is 62.9. The van der Waals surface area contributed by atoms with Crippen LogP contribution >= 0.6 is 10.9 Å². The van der Waals surface area contributed by atoms with Crippen molar-refractivity contribution in [3.63, 3.8) is 0 Å². The molecule has 0 saturated carbocycles. The van der Waals surface area contributed by atoms with Crippen molar-refractivity contribution in [2.24, 2.45) is 0 Å². The molecule has 0 atom stereocenters. The Labute approximate surface area is 633 Å². The van der Waals surface area contributed by atoms with Crippen LogP contribution in [0.4, 0.5) is 0 Å². The Hall–Kier alpha value is -11.8. The molecule has 0 saturated heterocycles. The van der Waals surface area contributed by atoms with Crippen LogP contribution in [0.15, 0.2) is 296 Å². The van der Waals surface area contributed by atoms with E-state index in [-0.39, 0.29) is 121 Å². The predicted octanol–water partition coefficient (Wildman–Crippen LogP) is 17.7. The summed E-state index contributed by atoms with van der Waals surface area (Å²) in [5.74, 6) is 0.302. The third-order valence-electron chi connectivity index (χ3n) is 17.3. The molecule has 0 radical (unpaired) electrons. The zero-order valence-corrected chi connectivity index (χ0v) is 62.3. The van der Waals surface area contributed by atoms with Crippen molar-refractivity contribution < 1.29 is 109 Å². The lowest BCUT2D eigenvalue weighted by Gasteiger charge is -2.28. The highest BCUT2D eigenvalue weighted by atomic mass is 32.3. The van der Waals surface area contributed by atoms with Crippen molar-refractivity contribution >= 4 is 68.4 Å². The van der Waals surface area contributed by atoms with Gasteiger partial charge in [0.05, 0.1) is 47.6 Å². The summed E-state index contributed by atoms with van der Waals surface area (Å²) in [4.78, 5) is 42.6. The zero-order valence-electron chi connectivity index (χ0n) is 58.2. The molecule has 0 spiro atoms. The molecule has 0 unspecified atom stereocenters. The fourth-order valence-corrected chi connectivity index (χ4v) is 14.8. The van der Waals surface area contributed by atoms with Crippen LogP contribution in [-0.4, -0.2) is 85.4 Å². The predicted molar refractivity (Wildman–Crippen MR) is 404 cm³/mol. The molecule has 0 aliphatic rings. The highest BCUT2D eigenvalue weighted by Crippen LogP contribution is 2.45. The second-order valence-electron chi connectivity index (χ2n) is 25.2. The van der Waals surface area contributed by atoms with E-state index in [1.165, 1.54) is 165 Å². The standard InChI is InChI=1S/C81H64O24S5/c1-50-5-44-77(72(45-50)80(84)54-12-22-60(23-13-54)104-64-30-38-68(39-31-64)110(96,97)98)106(85,86)69-40-43-75(76(48-69)100-49-51-6-16-57(17-7-51)101-61-24-32-65(33-25-61)107(87,88)89)105-74-42-15-56(47-71(74)79(83)53-10-20-59(21-11-53)103-63-28-36-67(37-29-63)109(93,94)95)81(2,3)55-14-41-73(99-4)70(46-55)78(82)52-8-18-58(19-9-52)102-62-26-34-66(35-27-62)108(90,91)92/h5-48,90-92H,49H2,1-4H3,(H,87,88,89)(H,93,94,95)(H,96,97,98). The maximum Gasteiger partial charge on any atom is 0.294 e. The normalized spacial score (nSPS) is 12.1. The number of hydrogen-bond donors (Lipinski definition) is 6. The minimum absolute atomic E-state index is 0.0277. The third kappa shape index (κ3) is 18.1. The van der Waals surface area contributed by atoms with Crippen molar-refractivity contribution in [3.8, 4) is 69.0 Å². The summed E-state index contributed by atoms with van der Waals surface area (Å²) in [6.45, 7) is 5.17. The average molecular weight is 1580 g/mol. The largest absolute Gasteiger partial charge is 0.496 e. The van der Waals surface area contributed by atoms with E-state index in [2.05, 4.69) is 0 Å². The lowest BCUT2D eigenvalue weighted by molar-refractivity contribution is 0.102. The number of methoxy groups -OCH3 is 1. The Morgan fingerprint density at radius 1 is 0.327 bits per heavy atom. The van der Waals surface area contributed by atoms with Gasteiger partial charge in [-0.05, 0) is 254 Å². The van der Waals surface area contributed by atoms with Gasteiger partial charge in [0.25, 0.3) is 30.4 Å². The molecule has 0 fully saturated rings. The summed E-state index contributed by atoms with van der Waals surface area (Å²) in [5, 5.41) is 0. The minimum Gasteiger partial charge on any atom is -0.496 e. The first-order valence-electron chi connectivity index (χ1n) is 32.8. The molecule has 0 bridgehead atoms. The molecule has 110 heavy (non-hydrogen) atoms. The molecule has 0 aliphatic heterocycles. The van der Waals surface area contributed by atoms with E-state index in [1.54, 1.807) is 91.9 Å². The van der Waals surface area contributed by atoms with Crippen LogP contribution in [0.3, 0.4) is 0 Å². The average Bonchev–Trinajstić information content (AvgIpc) is 0.767. The van der Waals surface area contributed by atoms with Gasteiger partial charge in [0.1, 0.15) is 75.0 Å². The second kappa shape index (κ2) is 31.4. The fourth-order valence-electron chi connectivity index (χ4n) is 11.4. The van der Waals surface area contributed by atoms with E-state index < -0.39 is 73.8 Å². The number of sulfone groups is 1. The highest BCUT2D eigenvalue weighted by Gasteiger charge is 2.32. The lowest BCUT2D eigenvalue weighted by atomic mass is 9.76. The van der Waals surface area contributed by atoms with Gasteiger partial charge in [0, 0.05) is 33.7 Å². The Balaban J connectivity index is 0.896. The van der Waals surface area contributed by atoms with Gasteiger partial charge in [-0.2, -0.15) is 25.3 Å². The van der Waals surface area contributed by atoms with Crippen molar-refractivity contribution in [2.45, 2.75) is 62.2 Å². The van der Waals surface area contributed by atoms with E-state index in [0.29, 0.717) is 39.5 Å². The van der Waals surface area contributed by atoms with E-state index >= 15 is 13.2 Å². The second-order valence-corrected chi connectivity index (χ2v) is 32.9. The Morgan fingerprint density at radius 2 is 0.655 bits per heavy atom. The van der Waals surface area contributed by atoms with Gasteiger partial charge >= 0.3 is 0 Å². The maximum atomic E-state index is 15.4. The summed E-state index contributed by atoms with van der Waals surface area (Å²) in [6.07, 6.45) is 0. The molecule has 29 heteroatoms. The van der Waals surface area contributed by atoms with Crippen molar-refractivity contribution in [3.05, 3.63) is 323 Å². The molecule has 24 nitrogen and oxygen atoms in total. The van der Waals surface area contributed by atoms with Gasteiger partial charge < -0.3 is 46.8 Å². The Kier molecular flexibility index (Phi) is 22.2. The van der Waals surface area contributed by atoms with Gasteiger partial charge in [-0.25, -0.2) is 8.42 Å². The molecule has 0 heterocycles. The van der Waals surface area contributed by atoms with E-state index in [4.69, 9.17) is 33.2 Å². The number of carbonyl (C=O) groups is 3. The van der Waals surface area contributed by atoms with Gasteiger partial charge in [-0.3, -0.25) is 28.0 Å². The fraction of sp³-hybridized carbons (Fsp3) is 0.0741. The van der Waals surface area contributed by atoms with Crippen LogP contribution in [-0.2, 0) is 52.2 Å². The van der Waals surface area contributed by atoms with Crippen LogP contribution < -0.4 is 33.2 Å². The first kappa shape index (κ1) is 77.8. The molecule has 0 amide bonds. The molecular weight excluding hydrogens is 1520 g/mol. The smallest absolute Gasteiger partial charge is 0.294 e. The molecule has 562 valence electrons. The summed E-state index contributed by atoms with van der Waals surface area (Å²) in [5.41, 5.74) is 1.57. The maximum absolute atomic E-state index is 15.4. The van der Waals surface area contributed by atoms with Crippen molar-refractivity contribution in [1.82, 2.24) is 0 Å². The number of rotatable bonds is 28. The number of hydrogen-bond acceptors (Lipinski definition) is 21. The van der Waals surface area contributed by atoms with Crippen molar-refractivity contribution in [1.29, 1.82) is 0 Å². The van der Waals surface area contributed by atoms with Crippen LogP contribution in [0.1, 0.15) is 83.9 Å². The summed E-state index contributed by atoms with van der Waals surface area (Å²) in [7, 11) is -20.7. The zero-order chi connectivity index (χ0) is 78.7. The van der Waals surface area contributed by atoms with E-state index in [9.17, 15) is 62.2 Å². The molecule has 0 aromatic heterocycles. The number of ketones is 3. The molecule has 12 rings (SSSR count). The minimum atomic E-state index is -4.68. The monoisotopic (exact) mass is 1580 g/mol. The first-order chi connectivity index (χ1) is 52.1. The van der Waals surface area contributed by atoms with Gasteiger partial charge in [-0.15, -0.1) is 0 Å². The van der Waals surface area contributed by atoms with E-state index in [0.717, 1.165) is 24.3 Å². The number of benzene rings is 12.